The molecule has 1 fully saturated rings. The number of phenols is 1. The Morgan fingerprint density at radius 2 is 2.04 bits per heavy atom. The van der Waals surface area contributed by atoms with Crippen LogP contribution in [-0.4, -0.2) is 43.8 Å². The Kier molecular flexibility index (Phi) is 5.88. The molecule has 0 saturated carbocycles. The second-order valence-electron chi connectivity index (χ2n) is 6.95. The molecule has 7 nitrogen and oxygen atoms in total. The third-order valence-corrected chi connectivity index (χ3v) is 7.85. The Labute approximate surface area is 167 Å². The van der Waals surface area contributed by atoms with Gasteiger partial charge in [0.1, 0.15) is 4.90 Å². The van der Waals surface area contributed by atoms with E-state index in [4.69, 9.17) is 16.3 Å². The van der Waals surface area contributed by atoms with Gasteiger partial charge in [-0.05, 0) is 31.9 Å². The van der Waals surface area contributed by atoms with Crippen LogP contribution in [0, 0.1) is 0 Å². The number of allylic oxidation sites excluding steroid dienone is 1. The van der Waals surface area contributed by atoms with E-state index in [1.165, 1.54) is 12.1 Å². The summed E-state index contributed by atoms with van der Waals surface area (Å²) in [5, 5.41) is 12.7. The van der Waals surface area contributed by atoms with Gasteiger partial charge in [0, 0.05) is 12.8 Å². The number of benzene rings is 1. The molecule has 2 aliphatic rings. The van der Waals surface area contributed by atoms with Gasteiger partial charge in [0.25, 0.3) is 0 Å². The van der Waals surface area contributed by atoms with Crippen molar-refractivity contribution in [1.29, 1.82) is 0 Å². The number of ether oxygens (including phenoxy) is 1. The van der Waals surface area contributed by atoms with Gasteiger partial charge in [0.15, 0.2) is 5.75 Å². The van der Waals surface area contributed by atoms with Crippen molar-refractivity contribution in [2.75, 3.05) is 18.5 Å². The molecule has 2 amide bonds. The summed E-state index contributed by atoms with van der Waals surface area (Å²) in [7, 11) is -4.62. The first kappa shape index (κ1) is 20.9. The van der Waals surface area contributed by atoms with E-state index in [2.05, 4.69) is 10.6 Å². The fourth-order valence-corrected chi connectivity index (χ4v) is 5.60. The van der Waals surface area contributed by atoms with Gasteiger partial charge in [0.05, 0.1) is 30.0 Å². The van der Waals surface area contributed by atoms with Crippen molar-refractivity contribution in [3.63, 3.8) is 0 Å². The number of sulfone groups is 1. The molecular weight excluding hydrogens is 411 g/mol. The van der Waals surface area contributed by atoms with Gasteiger partial charge in [-0.25, -0.2) is 17.6 Å². The minimum atomic E-state index is -4.62. The molecule has 1 aliphatic carbocycles. The highest BCUT2D eigenvalue weighted by molar-refractivity contribution is 7.92. The zero-order valence-electron chi connectivity index (χ0n) is 15.3. The molecule has 10 heteroatoms. The zero-order valence-corrected chi connectivity index (χ0v) is 16.9. The van der Waals surface area contributed by atoms with Crippen molar-refractivity contribution in [2.24, 2.45) is 0 Å². The predicted molar refractivity (Wildman–Crippen MR) is 103 cm³/mol. The molecule has 1 heterocycles. The number of alkyl halides is 1. The number of urea groups is 1. The Bertz CT molecular complexity index is 913. The number of anilines is 1. The van der Waals surface area contributed by atoms with E-state index in [0.717, 1.165) is 18.4 Å². The van der Waals surface area contributed by atoms with E-state index >= 15 is 4.39 Å². The van der Waals surface area contributed by atoms with Gasteiger partial charge in [-0.15, -0.1) is 0 Å². The molecule has 1 aromatic carbocycles. The molecule has 28 heavy (non-hydrogen) atoms. The summed E-state index contributed by atoms with van der Waals surface area (Å²) < 4.78 is 46.0. The van der Waals surface area contributed by atoms with Crippen LogP contribution in [0.2, 0.25) is 5.02 Å². The Morgan fingerprint density at radius 3 is 2.64 bits per heavy atom. The second-order valence-corrected chi connectivity index (χ2v) is 9.50. The van der Waals surface area contributed by atoms with E-state index in [-0.39, 0.29) is 42.8 Å². The van der Waals surface area contributed by atoms with Crippen LogP contribution in [0.4, 0.5) is 14.9 Å². The summed E-state index contributed by atoms with van der Waals surface area (Å²) in [6, 6.07) is 1.73. The van der Waals surface area contributed by atoms with Crippen LogP contribution >= 0.6 is 11.6 Å². The van der Waals surface area contributed by atoms with Crippen molar-refractivity contribution in [3.05, 3.63) is 28.8 Å². The number of phenolic OH excluding ortho intramolecular Hbond substituents is 1. The quantitative estimate of drug-likeness (QED) is 0.498. The molecule has 1 saturated heterocycles. The predicted octanol–water partition coefficient (Wildman–Crippen LogP) is 3.53. The molecule has 0 aromatic heterocycles. The van der Waals surface area contributed by atoms with Crippen molar-refractivity contribution < 1.29 is 27.4 Å². The number of amides is 2. The fourth-order valence-electron chi connectivity index (χ4n) is 3.38. The summed E-state index contributed by atoms with van der Waals surface area (Å²) in [6.07, 6.45) is 2.91. The highest BCUT2D eigenvalue weighted by Gasteiger charge is 2.48. The van der Waals surface area contributed by atoms with Crippen LogP contribution in [0.3, 0.4) is 0 Å². The topological polar surface area (TPSA) is 105 Å². The number of hydrogen-bond donors (Lipinski definition) is 3. The average molecular weight is 433 g/mol. The van der Waals surface area contributed by atoms with E-state index in [9.17, 15) is 18.3 Å². The largest absolute Gasteiger partial charge is 0.504 e. The van der Waals surface area contributed by atoms with Crippen molar-refractivity contribution in [1.82, 2.24) is 5.32 Å². The number of halogens is 2. The molecule has 1 aliphatic heterocycles. The molecule has 0 radical (unpaired) electrons. The molecule has 0 bridgehead atoms. The van der Waals surface area contributed by atoms with E-state index in [1.54, 1.807) is 0 Å². The van der Waals surface area contributed by atoms with Gasteiger partial charge in [-0.1, -0.05) is 23.3 Å². The number of rotatable bonds is 4. The van der Waals surface area contributed by atoms with Crippen LogP contribution in [0.5, 0.6) is 5.75 Å². The second kappa shape index (κ2) is 7.88. The van der Waals surface area contributed by atoms with Crippen LogP contribution < -0.4 is 10.6 Å². The minimum Gasteiger partial charge on any atom is -0.504 e. The Hall–Kier alpha value is -1.84. The third-order valence-electron chi connectivity index (χ3n) is 5.10. The molecule has 1 aromatic rings. The molecular formula is C18H22ClFN2O5S. The lowest BCUT2D eigenvalue weighted by Gasteiger charge is -2.29. The average Bonchev–Trinajstić information content (AvgIpc) is 3.02. The third kappa shape index (κ3) is 3.83. The maximum absolute atomic E-state index is 15.2. The summed E-state index contributed by atoms with van der Waals surface area (Å²) in [4.78, 5) is 11.5. The van der Waals surface area contributed by atoms with Gasteiger partial charge < -0.3 is 20.5 Å². The maximum Gasteiger partial charge on any atom is 0.319 e. The highest BCUT2D eigenvalue weighted by Crippen LogP contribution is 2.45. The Morgan fingerprint density at radius 1 is 1.36 bits per heavy atom. The van der Waals surface area contributed by atoms with Crippen molar-refractivity contribution >= 4 is 33.2 Å². The summed E-state index contributed by atoms with van der Waals surface area (Å²) in [5.74, 6) is -0.787. The number of hydrogen-bond acceptors (Lipinski definition) is 5. The lowest BCUT2D eigenvalue weighted by molar-refractivity contribution is 0.0323. The van der Waals surface area contributed by atoms with E-state index < -0.39 is 31.5 Å². The van der Waals surface area contributed by atoms with Crippen LogP contribution in [0.15, 0.2) is 28.7 Å². The lowest BCUT2D eigenvalue weighted by Crippen LogP contribution is -2.40. The molecule has 1 atom stereocenters. The highest BCUT2D eigenvalue weighted by atomic mass is 35.5. The van der Waals surface area contributed by atoms with Gasteiger partial charge in [-0.3, -0.25) is 0 Å². The number of carbonyl (C=O) groups excluding carboxylic acids is 1. The first-order valence-electron chi connectivity index (χ1n) is 8.92. The van der Waals surface area contributed by atoms with Crippen molar-refractivity contribution in [3.8, 4) is 5.75 Å². The summed E-state index contributed by atoms with van der Waals surface area (Å²) in [6.45, 7) is 1.79. The molecule has 154 valence electrons. The van der Waals surface area contributed by atoms with Crippen molar-refractivity contribution in [2.45, 2.75) is 48.5 Å². The Balaban J connectivity index is 1.88. The molecule has 1 unspecified atom stereocenters. The standard InChI is InChI=1S/C18H22ClFN2O5S/c1-11-3-2-4-13(11)21-17(24)22-14-6-5-12(19)16(15(14)23)28(25,26)18(20)7-9-27-10-8-18/h3,5-6,13,23H,2,4,7-10H2,1H3,(H2,21,22,24). The van der Waals surface area contributed by atoms with Gasteiger partial charge >= 0.3 is 6.03 Å². The fraction of sp³-hybridized carbons (Fsp3) is 0.500. The first-order chi connectivity index (χ1) is 13.2. The smallest absolute Gasteiger partial charge is 0.319 e. The normalized spacial score (nSPS) is 21.8. The number of aromatic hydroxyl groups is 1. The number of carbonyl (C=O) groups is 1. The number of nitrogens with one attached hydrogen (secondary N) is 2. The van der Waals surface area contributed by atoms with Crippen LogP contribution in [-0.2, 0) is 14.6 Å². The zero-order chi connectivity index (χ0) is 20.5. The summed E-state index contributed by atoms with van der Waals surface area (Å²) in [5.41, 5.74) is 0.855. The summed E-state index contributed by atoms with van der Waals surface area (Å²) >= 11 is 5.99. The van der Waals surface area contributed by atoms with Gasteiger partial charge in [-0.2, -0.15) is 0 Å². The first-order valence-corrected chi connectivity index (χ1v) is 10.8. The molecule has 0 spiro atoms. The van der Waals surface area contributed by atoms with Crippen LogP contribution in [0.25, 0.3) is 0 Å². The van der Waals surface area contributed by atoms with E-state index in [0.29, 0.717) is 0 Å². The SMILES string of the molecule is CC1=CCCC1NC(=O)Nc1ccc(Cl)c(S(=O)(=O)C2(F)CCOCC2)c1O. The van der Waals surface area contributed by atoms with E-state index in [1.807, 2.05) is 13.0 Å². The molecule has 3 rings (SSSR count). The lowest BCUT2D eigenvalue weighted by atomic mass is 10.2. The maximum atomic E-state index is 15.2. The molecule has 3 N–H and O–H groups in total. The minimum absolute atomic E-state index is 0.0529. The monoisotopic (exact) mass is 432 g/mol. The van der Waals surface area contributed by atoms with Crippen LogP contribution in [0.1, 0.15) is 32.6 Å². The van der Waals surface area contributed by atoms with Gasteiger partial charge in [0.2, 0.25) is 14.8 Å².